The number of hydrogen-bond donors (Lipinski definition) is 1. The third-order valence-electron chi connectivity index (χ3n) is 5.78. The summed E-state index contributed by atoms with van der Waals surface area (Å²) in [6, 6.07) is 1.73. The summed E-state index contributed by atoms with van der Waals surface area (Å²) in [5.74, 6) is 0.885. The quantitative estimate of drug-likeness (QED) is 0.820. The van der Waals surface area contributed by atoms with Gasteiger partial charge in [0.15, 0.2) is 0 Å². The highest BCUT2D eigenvalue weighted by Crippen LogP contribution is 2.34. The van der Waals surface area contributed by atoms with Crippen molar-refractivity contribution in [3.05, 3.63) is 35.7 Å². The maximum Gasteiger partial charge on any atom is 0.292 e. The molecule has 1 saturated heterocycles. The highest BCUT2D eigenvalue weighted by Gasteiger charge is 2.39. The van der Waals surface area contributed by atoms with E-state index in [1.807, 2.05) is 31.7 Å². The maximum atomic E-state index is 13.0. The van der Waals surface area contributed by atoms with E-state index in [1.54, 1.807) is 17.3 Å². The Kier molecular flexibility index (Phi) is 4.95. The van der Waals surface area contributed by atoms with Gasteiger partial charge in [-0.2, -0.15) is 0 Å². The Balaban J connectivity index is 1.50. The number of rotatable bonds is 6. The molecule has 0 spiro atoms. The van der Waals surface area contributed by atoms with Crippen molar-refractivity contribution in [3.63, 3.8) is 0 Å². The van der Waals surface area contributed by atoms with Crippen molar-refractivity contribution < 1.29 is 14.1 Å². The Hall–Kier alpha value is -2.64. The molecule has 150 valence electrons. The van der Waals surface area contributed by atoms with E-state index >= 15 is 0 Å². The van der Waals surface area contributed by atoms with Crippen molar-refractivity contribution >= 4 is 11.8 Å². The van der Waals surface area contributed by atoms with Gasteiger partial charge in [-0.3, -0.25) is 9.59 Å². The van der Waals surface area contributed by atoms with Crippen LogP contribution in [0.1, 0.15) is 60.5 Å². The van der Waals surface area contributed by atoms with Gasteiger partial charge >= 0.3 is 0 Å². The lowest BCUT2D eigenvalue weighted by Gasteiger charge is -2.18. The van der Waals surface area contributed by atoms with Gasteiger partial charge in [0.2, 0.25) is 11.7 Å². The highest BCUT2D eigenvalue weighted by molar-refractivity contribution is 5.91. The van der Waals surface area contributed by atoms with Crippen molar-refractivity contribution in [3.8, 4) is 0 Å². The number of carbonyl (C=O) groups excluding carboxylic acids is 2. The van der Waals surface area contributed by atoms with Gasteiger partial charge in [-0.15, -0.1) is 0 Å². The zero-order valence-corrected chi connectivity index (χ0v) is 16.6. The summed E-state index contributed by atoms with van der Waals surface area (Å²) in [5, 5.41) is 7.08. The summed E-state index contributed by atoms with van der Waals surface area (Å²) < 4.78 is 7.28. The van der Waals surface area contributed by atoms with Crippen LogP contribution in [0, 0.1) is 11.8 Å². The molecule has 8 nitrogen and oxygen atoms in total. The van der Waals surface area contributed by atoms with Crippen LogP contribution in [-0.2, 0) is 11.8 Å². The Morgan fingerprint density at radius 3 is 2.71 bits per heavy atom. The van der Waals surface area contributed by atoms with E-state index in [-0.39, 0.29) is 41.2 Å². The summed E-state index contributed by atoms with van der Waals surface area (Å²) in [6.07, 6.45) is 5.58. The zero-order valence-electron chi connectivity index (χ0n) is 16.6. The van der Waals surface area contributed by atoms with Crippen LogP contribution in [0.4, 0.5) is 0 Å². The van der Waals surface area contributed by atoms with Crippen LogP contribution in [0.25, 0.3) is 0 Å². The Morgan fingerprint density at radius 2 is 2.11 bits per heavy atom. The molecule has 2 aliphatic rings. The molecule has 2 atom stereocenters. The van der Waals surface area contributed by atoms with Gasteiger partial charge in [0.05, 0.1) is 12.0 Å². The van der Waals surface area contributed by atoms with Crippen LogP contribution in [-0.4, -0.2) is 51.1 Å². The third-order valence-corrected chi connectivity index (χ3v) is 5.78. The molecule has 28 heavy (non-hydrogen) atoms. The number of likely N-dealkylation sites (tertiary alicyclic amines) is 1. The summed E-state index contributed by atoms with van der Waals surface area (Å²) in [5.41, 5.74) is 1.85. The van der Waals surface area contributed by atoms with Gasteiger partial charge < -0.3 is 19.3 Å². The van der Waals surface area contributed by atoms with Crippen molar-refractivity contribution in [1.29, 1.82) is 0 Å². The highest BCUT2D eigenvalue weighted by atomic mass is 16.5. The predicted molar refractivity (Wildman–Crippen MR) is 102 cm³/mol. The normalized spacial score (nSPS) is 22.1. The zero-order chi connectivity index (χ0) is 19.8. The van der Waals surface area contributed by atoms with Crippen molar-refractivity contribution in [1.82, 2.24) is 24.9 Å². The number of amides is 2. The Morgan fingerprint density at radius 1 is 1.32 bits per heavy atom. The van der Waals surface area contributed by atoms with Gasteiger partial charge in [-0.25, -0.2) is 4.98 Å². The average molecular weight is 385 g/mol. The van der Waals surface area contributed by atoms with Crippen LogP contribution in [0.3, 0.4) is 0 Å². The Bertz CT molecular complexity index is 867. The van der Waals surface area contributed by atoms with Gasteiger partial charge in [0, 0.05) is 62.4 Å². The fourth-order valence-corrected chi connectivity index (χ4v) is 3.84. The standard InChI is InChI=1S/C20H27N5O3/c1-12(2)16-6-18(28-23-16)20(27)25-9-14(7-22-19(26)13-4-5-13)15(10-25)17-8-21-11-24(17)3/h6,8,11-15H,4-5,7,9-10H2,1-3H3,(H,22,26)/t14-,15-/m1/s1. The molecule has 1 N–H and O–H groups in total. The van der Waals surface area contributed by atoms with Crippen molar-refractivity contribution in [2.45, 2.75) is 38.5 Å². The van der Waals surface area contributed by atoms with E-state index in [9.17, 15) is 9.59 Å². The van der Waals surface area contributed by atoms with Gasteiger partial charge in [0.1, 0.15) is 0 Å². The third kappa shape index (κ3) is 3.68. The molecular formula is C20H27N5O3. The van der Waals surface area contributed by atoms with Crippen molar-refractivity contribution in [2.24, 2.45) is 18.9 Å². The largest absolute Gasteiger partial charge is 0.355 e. The molecule has 0 unspecified atom stereocenters. The van der Waals surface area contributed by atoms with Crippen molar-refractivity contribution in [2.75, 3.05) is 19.6 Å². The number of aromatic nitrogens is 3. The molecule has 1 aliphatic heterocycles. The molecule has 3 heterocycles. The molecule has 4 rings (SSSR count). The second-order valence-corrected chi connectivity index (χ2v) is 8.30. The maximum absolute atomic E-state index is 13.0. The molecule has 1 aliphatic carbocycles. The predicted octanol–water partition coefficient (Wildman–Crippen LogP) is 1.91. The molecule has 0 bridgehead atoms. The number of hydrogen-bond acceptors (Lipinski definition) is 5. The van der Waals surface area contributed by atoms with E-state index in [2.05, 4.69) is 15.5 Å². The van der Waals surface area contributed by atoms with E-state index in [4.69, 9.17) is 4.52 Å². The lowest BCUT2D eigenvalue weighted by molar-refractivity contribution is -0.122. The lowest BCUT2D eigenvalue weighted by Crippen LogP contribution is -2.34. The van der Waals surface area contributed by atoms with Gasteiger partial charge in [0.25, 0.3) is 5.91 Å². The first-order chi connectivity index (χ1) is 13.4. The molecule has 0 aromatic carbocycles. The molecule has 2 aromatic rings. The summed E-state index contributed by atoms with van der Waals surface area (Å²) >= 11 is 0. The molecule has 8 heteroatoms. The first-order valence-corrected chi connectivity index (χ1v) is 9.93. The lowest BCUT2D eigenvalue weighted by atomic mass is 9.93. The minimum Gasteiger partial charge on any atom is -0.355 e. The molecule has 1 saturated carbocycles. The molecule has 0 radical (unpaired) electrons. The number of aryl methyl sites for hydroxylation is 1. The van der Waals surface area contributed by atoms with Crippen LogP contribution in [0.15, 0.2) is 23.1 Å². The fourth-order valence-electron chi connectivity index (χ4n) is 3.84. The number of carbonyl (C=O) groups is 2. The molecule has 2 fully saturated rings. The molecule has 2 amide bonds. The fraction of sp³-hybridized carbons (Fsp3) is 0.600. The average Bonchev–Trinajstić information content (AvgIpc) is 3.07. The summed E-state index contributed by atoms with van der Waals surface area (Å²) in [6.45, 7) is 5.72. The number of imidazole rings is 1. The van der Waals surface area contributed by atoms with Crippen LogP contribution in [0.2, 0.25) is 0 Å². The summed E-state index contributed by atoms with van der Waals surface area (Å²) in [7, 11) is 1.96. The molecular weight excluding hydrogens is 358 g/mol. The monoisotopic (exact) mass is 385 g/mol. The smallest absolute Gasteiger partial charge is 0.292 e. The van der Waals surface area contributed by atoms with E-state index in [1.165, 1.54) is 0 Å². The number of nitrogens with zero attached hydrogens (tertiary/aromatic N) is 4. The van der Waals surface area contributed by atoms with Crippen LogP contribution in [0.5, 0.6) is 0 Å². The topological polar surface area (TPSA) is 93.3 Å². The van der Waals surface area contributed by atoms with E-state index in [0.29, 0.717) is 19.6 Å². The second-order valence-electron chi connectivity index (χ2n) is 8.30. The number of nitrogens with one attached hydrogen (secondary N) is 1. The van der Waals surface area contributed by atoms with E-state index in [0.717, 1.165) is 24.2 Å². The SMILES string of the molecule is CC(C)c1cc(C(=O)N2C[C@@H](CNC(=O)C3CC3)[C@H](c3cncn3C)C2)on1. The minimum atomic E-state index is -0.150. The first-order valence-electron chi connectivity index (χ1n) is 9.93. The Labute approximate surface area is 164 Å². The van der Waals surface area contributed by atoms with Gasteiger partial charge in [-0.1, -0.05) is 19.0 Å². The van der Waals surface area contributed by atoms with Crippen LogP contribution < -0.4 is 5.32 Å². The summed E-state index contributed by atoms with van der Waals surface area (Å²) in [4.78, 5) is 31.1. The molecule has 2 aromatic heterocycles. The first kappa shape index (κ1) is 18.7. The minimum absolute atomic E-state index is 0.114. The van der Waals surface area contributed by atoms with Crippen LogP contribution >= 0.6 is 0 Å². The second kappa shape index (κ2) is 7.41. The van der Waals surface area contributed by atoms with Gasteiger partial charge in [-0.05, 0) is 18.8 Å². The van der Waals surface area contributed by atoms with E-state index < -0.39 is 0 Å².